The van der Waals surface area contributed by atoms with Gasteiger partial charge in [-0.1, -0.05) is 30.3 Å². The molecule has 0 unspecified atom stereocenters. The number of urea groups is 1. The lowest BCUT2D eigenvalue weighted by Gasteiger charge is -2.34. The second-order valence-electron chi connectivity index (χ2n) is 7.18. The number of carbonyl (C=O) groups is 2. The van der Waals surface area contributed by atoms with Crippen LogP contribution < -0.4 is 5.32 Å². The molecule has 9 heteroatoms. The molecule has 8 nitrogen and oxygen atoms in total. The topological polar surface area (TPSA) is 90.0 Å². The summed E-state index contributed by atoms with van der Waals surface area (Å²) in [5.74, 6) is 0.150. The Morgan fingerprint density at radius 3 is 2.36 bits per heavy atom. The van der Waals surface area contributed by atoms with Crippen molar-refractivity contribution in [1.29, 1.82) is 0 Å². The van der Waals surface area contributed by atoms with E-state index in [9.17, 15) is 18.0 Å². The number of nitrogens with zero attached hydrogens (tertiary/aromatic N) is 3. The summed E-state index contributed by atoms with van der Waals surface area (Å²) >= 11 is 0. The maximum atomic E-state index is 12.3. The molecule has 1 aromatic rings. The molecule has 0 aromatic heterocycles. The van der Waals surface area contributed by atoms with Gasteiger partial charge in [-0.2, -0.15) is 0 Å². The Bertz CT molecular complexity index is 746. The maximum absolute atomic E-state index is 12.3. The van der Waals surface area contributed by atoms with E-state index >= 15 is 0 Å². The van der Waals surface area contributed by atoms with Crippen LogP contribution in [0.1, 0.15) is 12.0 Å². The van der Waals surface area contributed by atoms with Crippen LogP contribution in [-0.2, 0) is 21.2 Å². The summed E-state index contributed by atoms with van der Waals surface area (Å²) in [6.45, 7) is 3.83. The third-order valence-electron chi connectivity index (χ3n) is 4.73. The highest BCUT2D eigenvalue weighted by Gasteiger charge is 2.21. The summed E-state index contributed by atoms with van der Waals surface area (Å²) in [7, 11) is -1.24. The van der Waals surface area contributed by atoms with E-state index in [2.05, 4.69) is 10.2 Å². The number of benzene rings is 1. The highest BCUT2D eigenvalue weighted by molar-refractivity contribution is 7.90. The number of sulfone groups is 1. The van der Waals surface area contributed by atoms with Gasteiger partial charge in [-0.05, 0) is 5.56 Å². The molecule has 0 atom stereocenters. The average Bonchev–Trinajstić information content (AvgIpc) is 2.66. The minimum absolute atomic E-state index is 0.00813. The Morgan fingerprint density at radius 2 is 1.75 bits per heavy atom. The van der Waals surface area contributed by atoms with Gasteiger partial charge in [0, 0.05) is 65.5 Å². The van der Waals surface area contributed by atoms with E-state index in [1.807, 2.05) is 30.3 Å². The number of carbonyl (C=O) groups excluding carboxylic acids is 2. The predicted octanol–water partition coefficient (Wildman–Crippen LogP) is 0.407. The largest absolute Gasteiger partial charge is 0.340 e. The van der Waals surface area contributed by atoms with Crippen LogP contribution in [0.3, 0.4) is 0 Å². The lowest BCUT2D eigenvalue weighted by atomic mass is 10.2. The molecule has 0 radical (unpaired) electrons. The van der Waals surface area contributed by atoms with E-state index in [4.69, 9.17) is 0 Å². The smallest absolute Gasteiger partial charge is 0.317 e. The Morgan fingerprint density at radius 1 is 1.11 bits per heavy atom. The minimum Gasteiger partial charge on any atom is -0.340 e. The molecule has 1 saturated heterocycles. The van der Waals surface area contributed by atoms with Gasteiger partial charge in [-0.15, -0.1) is 0 Å². The summed E-state index contributed by atoms with van der Waals surface area (Å²) in [5, 5.41) is 2.78. The molecular weight excluding hydrogens is 380 g/mol. The van der Waals surface area contributed by atoms with Gasteiger partial charge in [-0.25, -0.2) is 13.2 Å². The van der Waals surface area contributed by atoms with Crippen molar-refractivity contribution < 1.29 is 18.0 Å². The lowest BCUT2D eigenvalue weighted by Crippen LogP contribution is -2.50. The van der Waals surface area contributed by atoms with Crippen molar-refractivity contribution in [2.24, 2.45) is 0 Å². The van der Waals surface area contributed by atoms with Gasteiger partial charge >= 0.3 is 6.03 Å². The minimum atomic E-state index is -2.97. The fraction of sp³-hybridized carbons (Fsp3) is 0.579. The first-order chi connectivity index (χ1) is 13.2. The highest BCUT2D eigenvalue weighted by Crippen LogP contribution is 2.05. The van der Waals surface area contributed by atoms with Gasteiger partial charge in [0.2, 0.25) is 5.91 Å². The first-order valence-electron chi connectivity index (χ1n) is 9.45. The fourth-order valence-electron chi connectivity index (χ4n) is 3.01. The van der Waals surface area contributed by atoms with Crippen LogP contribution in [0.25, 0.3) is 0 Å². The molecule has 1 aliphatic heterocycles. The number of nitrogens with one attached hydrogen (secondary N) is 1. The van der Waals surface area contributed by atoms with Gasteiger partial charge in [-0.3, -0.25) is 9.69 Å². The molecule has 1 N–H and O–H groups in total. The fourth-order valence-corrected chi connectivity index (χ4v) is 3.60. The van der Waals surface area contributed by atoms with Gasteiger partial charge < -0.3 is 15.1 Å². The van der Waals surface area contributed by atoms with E-state index in [1.54, 1.807) is 16.8 Å². The molecule has 0 spiro atoms. The maximum Gasteiger partial charge on any atom is 0.317 e. The quantitative estimate of drug-likeness (QED) is 0.670. The number of piperazine rings is 1. The lowest BCUT2D eigenvalue weighted by molar-refractivity contribution is -0.132. The number of hydrogen-bond acceptors (Lipinski definition) is 5. The van der Waals surface area contributed by atoms with Crippen LogP contribution in [0.15, 0.2) is 30.3 Å². The van der Waals surface area contributed by atoms with E-state index in [1.165, 1.54) is 6.26 Å². The van der Waals surface area contributed by atoms with Crippen molar-refractivity contribution in [3.05, 3.63) is 35.9 Å². The zero-order valence-corrected chi connectivity index (χ0v) is 17.5. The predicted molar refractivity (Wildman–Crippen MR) is 109 cm³/mol. The molecule has 2 rings (SSSR count). The summed E-state index contributed by atoms with van der Waals surface area (Å²) in [6, 6.07) is 9.51. The van der Waals surface area contributed by atoms with E-state index in [-0.39, 0.29) is 24.1 Å². The Kier molecular flexibility index (Phi) is 8.25. The number of amides is 3. The normalized spacial score (nSPS) is 15.3. The summed E-state index contributed by atoms with van der Waals surface area (Å²) in [5.41, 5.74) is 1.05. The zero-order valence-electron chi connectivity index (χ0n) is 16.6. The Labute approximate surface area is 167 Å². The van der Waals surface area contributed by atoms with Crippen molar-refractivity contribution in [2.75, 3.05) is 58.3 Å². The van der Waals surface area contributed by atoms with Crippen molar-refractivity contribution in [1.82, 2.24) is 20.0 Å². The van der Waals surface area contributed by atoms with Crippen LogP contribution >= 0.6 is 0 Å². The van der Waals surface area contributed by atoms with E-state index in [0.717, 1.165) is 5.56 Å². The third kappa shape index (κ3) is 7.85. The van der Waals surface area contributed by atoms with Crippen molar-refractivity contribution in [3.63, 3.8) is 0 Å². The number of rotatable bonds is 8. The van der Waals surface area contributed by atoms with Gasteiger partial charge in [0.15, 0.2) is 0 Å². The molecule has 1 aliphatic rings. The third-order valence-corrected chi connectivity index (χ3v) is 5.65. The summed E-state index contributed by atoms with van der Waals surface area (Å²) in [4.78, 5) is 29.9. The molecule has 1 fully saturated rings. The number of hydrogen-bond donors (Lipinski definition) is 1. The van der Waals surface area contributed by atoms with Crippen LogP contribution in [0.5, 0.6) is 0 Å². The first kappa shape index (κ1) is 22.2. The molecule has 156 valence electrons. The molecule has 0 aliphatic carbocycles. The van der Waals surface area contributed by atoms with Crippen molar-refractivity contribution >= 4 is 21.8 Å². The van der Waals surface area contributed by atoms with E-state index in [0.29, 0.717) is 45.8 Å². The van der Waals surface area contributed by atoms with Crippen molar-refractivity contribution in [3.8, 4) is 0 Å². The molecule has 1 aromatic carbocycles. The molecular formula is C19H30N4O4S. The van der Waals surface area contributed by atoms with Gasteiger partial charge in [0.25, 0.3) is 0 Å². The van der Waals surface area contributed by atoms with Crippen LogP contribution in [0.4, 0.5) is 4.79 Å². The highest BCUT2D eigenvalue weighted by atomic mass is 32.2. The molecule has 0 saturated carbocycles. The van der Waals surface area contributed by atoms with Gasteiger partial charge in [0.1, 0.15) is 9.84 Å². The molecule has 1 heterocycles. The van der Waals surface area contributed by atoms with Crippen LogP contribution in [-0.4, -0.2) is 93.4 Å². The average molecular weight is 411 g/mol. The van der Waals surface area contributed by atoms with E-state index < -0.39 is 9.84 Å². The summed E-state index contributed by atoms with van der Waals surface area (Å²) < 4.78 is 22.5. The standard InChI is InChI=1S/C19H30N4O4S/c1-21(16-17-6-4-3-5-7-17)19(25)20-9-8-18(24)23-12-10-22(11-13-23)14-15-28(2,26)27/h3-7H,8-16H2,1-2H3,(H,20,25). The van der Waals surface area contributed by atoms with Crippen LogP contribution in [0.2, 0.25) is 0 Å². The van der Waals surface area contributed by atoms with Crippen molar-refractivity contribution in [2.45, 2.75) is 13.0 Å². The monoisotopic (exact) mass is 410 g/mol. The SMILES string of the molecule is CN(Cc1ccccc1)C(=O)NCCC(=O)N1CCN(CCS(C)(=O)=O)CC1. The second kappa shape index (κ2) is 10.4. The zero-order chi connectivity index (χ0) is 20.6. The molecule has 28 heavy (non-hydrogen) atoms. The molecule has 3 amide bonds. The van der Waals surface area contributed by atoms with Gasteiger partial charge in [0.05, 0.1) is 5.75 Å². The first-order valence-corrected chi connectivity index (χ1v) is 11.5. The Hall–Kier alpha value is -2.13. The second-order valence-corrected chi connectivity index (χ2v) is 9.44. The molecule has 0 bridgehead atoms. The summed E-state index contributed by atoms with van der Waals surface area (Å²) in [6.07, 6.45) is 1.49. The Balaban J connectivity index is 1.64. The van der Waals surface area contributed by atoms with Crippen LogP contribution in [0, 0.1) is 0 Å².